The van der Waals surface area contributed by atoms with Crippen molar-refractivity contribution in [3.05, 3.63) is 27.5 Å². The first-order chi connectivity index (χ1) is 9.52. The molecular weight excluding hydrogens is 274 g/mol. The molecule has 106 valence electrons. The van der Waals surface area contributed by atoms with Crippen LogP contribution in [-0.4, -0.2) is 24.5 Å². The maximum absolute atomic E-state index is 5.45. The quantitative estimate of drug-likeness (QED) is 0.753. The standard InChI is InChI=1S/C13H17N5OS/c1-5-10-11-12(17(4)15-10)18(13(20)14-11)6-9-7(2)16-19-8(9)3/h5-6H2,1-4H3,(H,14,20). The Morgan fingerprint density at radius 3 is 2.70 bits per heavy atom. The van der Waals surface area contributed by atoms with Gasteiger partial charge in [-0.3, -0.25) is 9.25 Å². The van der Waals surface area contributed by atoms with E-state index in [-0.39, 0.29) is 0 Å². The zero-order valence-electron chi connectivity index (χ0n) is 12.0. The lowest BCUT2D eigenvalue weighted by Crippen LogP contribution is -2.05. The summed E-state index contributed by atoms with van der Waals surface area (Å²) in [7, 11) is 1.94. The van der Waals surface area contributed by atoms with Crippen molar-refractivity contribution in [3.8, 4) is 0 Å². The van der Waals surface area contributed by atoms with Gasteiger partial charge in [-0.2, -0.15) is 5.10 Å². The van der Waals surface area contributed by atoms with Crippen LogP contribution in [0.2, 0.25) is 0 Å². The molecule has 0 aliphatic heterocycles. The molecule has 0 aromatic carbocycles. The lowest BCUT2D eigenvalue weighted by molar-refractivity contribution is 0.392. The minimum Gasteiger partial charge on any atom is -0.361 e. The molecule has 0 unspecified atom stereocenters. The number of nitrogens with one attached hydrogen (secondary N) is 1. The summed E-state index contributed by atoms with van der Waals surface area (Å²) in [5.41, 5.74) is 5.03. The molecule has 20 heavy (non-hydrogen) atoms. The molecule has 0 aliphatic carbocycles. The molecule has 3 aromatic rings. The molecule has 3 aromatic heterocycles. The SMILES string of the molecule is CCc1nn(C)c2c1[nH]c(=S)n2Cc1c(C)noc1C. The van der Waals surface area contributed by atoms with Crippen LogP contribution in [0, 0.1) is 18.6 Å². The summed E-state index contributed by atoms with van der Waals surface area (Å²) in [6.07, 6.45) is 0.873. The summed E-state index contributed by atoms with van der Waals surface area (Å²) in [6.45, 7) is 6.59. The van der Waals surface area contributed by atoms with Crippen molar-refractivity contribution in [2.75, 3.05) is 0 Å². The van der Waals surface area contributed by atoms with Gasteiger partial charge in [0.2, 0.25) is 0 Å². The Morgan fingerprint density at radius 1 is 1.35 bits per heavy atom. The number of aryl methyl sites for hydroxylation is 4. The lowest BCUT2D eigenvalue weighted by Gasteiger charge is -2.04. The maximum Gasteiger partial charge on any atom is 0.179 e. The van der Waals surface area contributed by atoms with E-state index in [0.29, 0.717) is 11.3 Å². The van der Waals surface area contributed by atoms with Crippen molar-refractivity contribution in [1.29, 1.82) is 0 Å². The summed E-state index contributed by atoms with van der Waals surface area (Å²) >= 11 is 5.45. The Kier molecular flexibility index (Phi) is 3.01. The first-order valence-corrected chi connectivity index (χ1v) is 6.99. The highest BCUT2D eigenvalue weighted by molar-refractivity contribution is 7.71. The third kappa shape index (κ3) is 1.81. The van der Waals surface area contributed by atoms with Crippen LogP contribution in [0.25, 0.3) is 11.2 Å². The average molecular weight is 291 g/mol. The van der Waals surface area contributed by atoms with Crippen LogP contribution in [0.15, 0.2) is 4.52 Å². The Labute approximate surface area is 121 Å². The molecule has 0 fully saturated rings. The summed E-state index contributed by atoms with van der Waals surface area (Å²) in [5, 5.41) is 8.52. The lowest BCUT2D eigenvalue weighted by atomic mass is 10.2. The van der Waals surface area contributed by atoms with Gasteiger partial charge in [0.25, 0.3) is 0 Å². The zero-order chi connectivity index (χ0) is 14.4. The van der Waals surface area contributed by atoms with Crippen LogP contribution in [0.1, 0.15) is 29.6 Å². The van der Waals surface area contributed by atoms with Crippen LogP contribution < -0.4 is 0 Å². The smallest absolute Gasteiger partial charge is 0.179 e. The van der Waals surface area contributed by atoms with Gasteiger partial charge in [0.1, 0.15) is 11.3 Å². The second-order valence-electron chi connectivity index (χ2n) is 4.94. The Morgan fingerprint density at radius 2 is 2.10 bits per heavy atom. The maximum atomic E-state index is 5.45. The van der Waals surface area contributed by atoms with Crippen LogP contribution >= 0.6 is 12.2 Å². The van der Waals surface area contributed by atoms with Gasteiger partial charge in [-0.1, -0.05) is 12.1 Å². The zero-order valence-corrected chi connectivity index (χ0v) is 12.8. The summed E-state index contributed by atoms with van der Waals surface area (Å²) < 4.78 is 9.84. The number of hydrogen-bond acceptors (Lipinski definition) is 4. The number of imidazole rings is 1. The van der Waals surface area contributed by atoms with Crippen LogP contribution in [0.4, 0.5) is 0 Å². The molecule has 0 radical (unpaired) electrons. The molecule has 0 bridgehead atoms. The van der Waals surface area contributed by atoms with E-state index in [2.05, 4.69) is 22.2 Å². The van der Waals surface area contributed by atoms with E-state index in [0.717, 1.165) is 40.3 Å². The number of aromatic amines is 1. The Balaban J connectivity index is 2.19. The molecule has 0 amide bonds. The first-order valence-electron chi connectivity index (χ1n) is 6.59. The summed E-state index contributed by atoms with van der Waals surface area (Å²) in [4.78, 5) is 3.26. The van der Waals surface area contributed by atoms with E-state index in [1.54, 1.807) is 0 Å². The van der Waals surface area contributed by atoms with Gasteiger partial charge in [0.05, 0.1) is 17.9 Å². The summed E-state index contributed by atoms with van der Waals surface area (Å²) in [6, 6.07) is 0. The van der Waals surface area contributed by atoms with E-state index in [1.165, 1.54) is 0 Å². The van der Waals surface area contributed by atoms with Gasteiger partial charge in [0, 0.05) is 12.6 Å². The molecule has 0 saturated carbocycles. The van der Waals surface area contributed by atoms with Crippen LogP contribution in [0.3, 0.4) is 0 Å². The number of rotatable bonds is 3. The number of aromatic nitrogens is 5. The first kappa shape index (κ1) is 13.1. The van der Waals surface area contributed by atoms with E-state index in [4.69, 9.17) is 16.7 Å². The number of nitrogens with zero attached hydrogens (tertiary/aromatic N) is 4. The van der Waals surface area contributed by atoms with Gasteiger partial charge in [-0.25, -0.2) is 0 Å². The molecule has 1 N–H and O–H groups in total. The van der Waals surface area contributed by atoms with Gasteiger partial charge >= 0.3 is 0 Å². The van der Waals surface area contributed by atoms with Crippen LogP contribution in [0.5, 0.6) is 0 Å². The molecule has 0 aliphatic rings. The van der Waals surface area contributed by atoms with Crippen molar-refractivity contribution in [2.45, 2.75) is 33.7 Å². The number of hydrogen-bond donors (Lipinski definition) is 1. The van der Waals surface area contributed by atoms with E-state index < -0.39 is 0 Å². The fourth-order valence-electron chi connectivity index (χ4n) is 2.56. The minimum atomic E-state index is 0.642. The fourth-order valence-corrected chi connectivity index (χ4v) is 2.81. The summed E-state index contributed by atoms with van der Waals surface area (Å²) in [5.74, 6) is 0.830. The van der Waals surface area contributed by atoms with E-state index in [9.17, 15) is 0 Å². The van der Waals surface area contributed by atoms with Crippen molar-refractivity contribution in [2.24, 2.45) is 7.05 Å². The second kappa shape index (κ2) is 4.59. The van der Waals surface area contributed by atoms with Crippen molar-refractivity contribution in [3.63, 3.8) is 0 Å². The molecule has 0 atom stereocenters. The number of H-pyrrole nitrogens is 1. The van der Waals surface area contributed by atoms with Crippen molar-refractivity contribution in [1.82, 2.24) is 24.5 Å². The highest BCUT2D eigenvalue weighted by Gasteiger charge is 2.17. The van der Waals surface area contributed by atoms with E-state index in [1.807, 2.05) is 30.1 Å². The topological polar surface area (TPSA) is 64.6 Å². The molecule has 0 spiro atoms. The number of fused-ring (bicyclic) bond motifs is 1. The third-order valence-electron chi connectivity index (χ3n) is 3.65. The monoisotopic (exact) mass is 291 g/mol. The molecule has 7 heteroatoms. The molecule has 3 rings (SSSR count). The fraction of sp³-hybridized carbons (Fsp3) is 0.462. The highest BCUT2D eigenvalue weighted by atomic mass is 32.1. The largest absolute Gasteiger partial charge is 0.361 e. The van der Waals surface area contributed by atoms with Crippen LogP contribution in [-0.2, 0) is 20.0 Å². The Hall–Kier alpha value is -1.89. The van der Waals surface area contributed by atoms with Gasteiger partial charge in [0.15, 0.2) is 10.4 Å². The third-order valence-corrected chi connectivity index (χ3v) is 3.98. The minimum absolute atomic E-state index is 0.642. The second-order valence-corrected chi connectivity index (χ2v) is 5.33. The predicted molar refractivity (Wildman–Crippen MR) is 78.3 cm³/mol. The molecule has 0 saturated heterocycles. The van der Waals surface area contributed by atoms with E-state index >= 15 is 0 Å². The van der Waals surface area contributed by atoms with Gasteiger partial charge in [-0.15, -0.1) is 0 Å². The average Bonchev–Trinajstić information content (AvgIpc) is 3.00. The normalized spacial score (nSPS) is 11.6. The highest BCUT2D eigenvalue weighted by Crippen LogP contribution is 2.21. The molecular formula is C13H17N5OS. The molecule has 3 heterocycles. The Bertz CT molecular complexity index is 816. The van der Waals surface area contributed by atoms with Gasteiger partial charge in [-0.05, 0) is 32.5 Å². The van der Waals surface area contributed by atoms with Gasteiger partial charge < -0.3 is 9.51 Å². The van der Waals surface area contributed by atoms with Crippen molar-refractivity contribution >= 4 is 23.4 Å². The van der Waals surface area contributed by atoms with Crippen molar-refractivity contribution < 1.29 is 4.52 Å². The predicted octanol–water partition coefficient (Wildman–Crippen LogP) is 2.65. The molecule has 6 nitrogen and oxygen atoms in total.